The van der Waals surface area contributed by atoms with E-state index in [1.165, 1.54) is 17.8 Å². The molecule has 178 valence electrons. The molecule has 2 aliphatic rings. The van der Waals surface area contributed by atoms with Crippen LogP contribution in [0.1, 0.15) is 34.7 Å². The Labute approximate surface area is 202 Å². The summed E-state index contributed by atoms with van der Waals surface area (Å²) >= 11 is 1.22. The largest absolute Gasteiger partial charge is 0.461 e. The molecule has 0 bridgehead atoms. The molecule has 9 nitrogen and oxygen atoms in total. The first-order valence-electron chi connectivity index (χ1n) is 11.1. The van der Waals surface area contributed by atoms with Gasteiger partial charge in [-0.1, -0.05) is 6.07 Å². The van der Waals surface area contributed by atoms with Gasteiger partial charge in [-0.25, -0.2) is 14.2 Å². The number of rotatable bonds is 5. The Hall–Kier alpha value is -3.83. The van der Waals surface area contributed by atoms with Crippen molar-refractivity contribution in [1.82, 2.24) is 20.3 Å². The fourth-order valence-corrected chi connectivity index (χ4v) is 5.30. The van der Waals surface area contributed by atoms with Gasteiger partial charge >= 0.3 is 5.97 Å². The number of carbonyl (C=O) groups excluding carboxylic acids is 2. The number of benzene rings is 1. The van der Waals surface area contributed by atoms with E-state index in [0.717, 1.165) is 5.56 Å². The van der Waals surface area contributed by atoms with Crippen LogP contribution in [0, 0.1) is 5.82 Å². The molecule has 5 heterocycles. The second kappa shape index (κ2) is 8.43. The SMILES string of the molecule is CCOC(=O)c1[nH]cc2c1NC1=C(C(=O)CNC1)C2c1ccc(Sc2nc3c(F)cccc3[nH]2)o1. The highest BCUT2D eigenvalue weighted by atomic mass is 32.2. The van der Waals surface area contributed by atoms with Crippen molar-refractivity contribution in [2.75, 3.05) is 25.0 Å². The lowest BCUT2D eigenvalue weighted by Crippen LogP contribution is -2.39. The van der Waals surface area contributed by atoms with Crippen LogP contribution >= 0.6 is 11.8 Å². The van der Waals surface area contributed by atoms with E-state index < -0.39 is 17.7 Å². The highest BCUT2D eigenvalue weighted by Crippen LogP contribution is 2.45. The van der Waals surface area contributed by atoms with Gasteiger partial charge in [0.15, 0.2) is 21.8 Å². The van der Waals surface area contributed by atoms with Crippen LogP contribution in [0.4, 0.5) is 10.1 Å². The molecule has 4 aromatic rings. The summed E-state index contributed by atoms with van der Waals surface area (Å²) in [6.45, 7) is 2.66. The number of aromatic amines is 2. The first kappa shape index (κ1) is 21.7. The van der Waals surface area contributed by atoms with Crippen molar-refractivity contribution < 1.29 is 23.1 Å². The number of furan rings is 1. The summed E-state index contributed by atoms with van der Waals surface area (Å²) in [7, 11) is 0. The van der Waals surface area contributed by atoms with Crippen LogP contribution in [0.25, 0.3) is 11.0 Å². The number of fused-ring (bicyclic) bond motifs is 2. The van der Waals surface area contributed by atoms with Crippen LogP contribution in [-0.4, -0.2) is 46.4 Å². The van der Waals surface area contributed by atoms with E-state index in [1.54, 1.807) is 31.3 Å². The molecule has 0 spiro atoms. The third kappa shape index (κ3) is 3.63. The number of halogens is 1. The molecule has 1 aromatic carbocycles. The Bertz CT molecular complexity index is 1520. The summed E-state index contributed by atoms with van der Waals surface area (Å²) in [5.41, 5.74) is 3.74. The van der Waals surface area contributed by atoms with Crippen molar-refractivity contribution in [2.45, 2.75) is 23.1 Å². The first-order chi connectivity index (χ1) is 17.0. The lowest BCUT2D eigenvalue weighted by Gasteiger charge is -2.31. The van der Waals surface area contributed by atoms with Gasteiger partial charge in [0.1, 0.15) is 17.0 Å². The van der Waals surface area contributed by atoms with Gasteiger partial charge in [0, 0.05) is 29.6 Å². The predicted octanol–water partition coefficient (Wildman–Crippen LogP) is 3.93. The Kier molecular flexibility index (Phi) is 5.23. The zero-order chi connectivity index (χ0) is 24.1. The highest BCUT2D eigenvalue weighted by Gasteiger charge is 2.39. The number of aromatic nitrogens is 3. The van der Waals surface area contributed by atoms with Crippen molar-refractivity contribution in [2.24, 2.45) is 0 Å². The molecule has 0 fully saturated rings. The molecule has 0 radical (unpaired) electrons. The van der Waals surface area contributed by atoms with Crippen molar-refractivity contribution in [3.63, 3.8) is 0 Å². The average molecular weight is 494 g/mol. The summed E-state index contributed by atoms with van der Waals surface area (Å²) < 4.78 is 25.4. The quantitative estimate of drug-likeness (QED) is 0.308. The van der Waals surface area contributed by atoms with Gasteiger partial charge in [0.25, 0.3) is 0 Å². The van der Waals surface area contributed by atoms with E-state index in [4.69, 9.17) is 9.15 Å². The van der Waals surface area contributed by atoms with E-state index in [1.807, 2.05) is 6.07 Å². The number of ether oxygens (including phenoxy) is 1. The molecule has 11 heteroatoms. The summed E-state index contributed by atoms with van der Waals surface area (Å²) in [5.74, 6) is -0.882. The first-order valence-corrected chi connectivity index (χ1v) is 11.9. The Morgan fingerprint density at radius 3 is 3.00 bits per heavy atom. The number of Topliss-reactive ketones (excluding diaryl/α,β-unsaturated/α-hetero) is 1. The number of imidazole rings is 1. The fourth-order valence-electron chi connectivity index (χ4n) is 4.54. The number of H-pyrrole nitrogens is 2. The van der Waals surface area contributed by atoms with Crippen molar-refractivity contribution in [3.8, 4) is 0 Å². The second-order valence-corrected chi connectivity index (χ2v) is 9.12. The van der Waals surface area contributed by atoms with Crippen LogP contribution in [0.5, 0.6) is 0 Å². The average Bonchev–Trinajstić information content (AvgIpc) is 3.57. The standard InChI is InChI=1S/C24H20FN5O4S/c1-2-33-23(32)22-20-11(8-27-22)18(19-14(28-20)9-26-10-15(19)31)16-6-7-17(34-16)35-24-29-13-5-3-4-12(25)21(13)30-24/h3-8,18,26-28H,2,9-10H2,1H3,(H,29,30). The molecular weight excluding hydrogens is 473 g/mol. The molecule has 0 aliphatic carbocycles. The summed E-state index contributed by atoms with van der Waals surface area (Å²) in [5, 5.41) is 7.35. The topological polar surface area (TPSA) is 125 Å². The molecular formula is C24H20FN5O4S. The molecule has 2 aliphatic heterocycles. The van der Waals surface area contributed by atoms with Gasteiger partial charge in [-0.05, 0) is 43.0 Å². The van der Waals surface area contributed by atoms with Crippen LogP contribution in [0.2, 0.25) is 0 Å². The van der Waals surface area contributed by atoms with Gasteiger partial charge < -0.3 is 29.8 Å². The van der Waals surface area contributed by atoms with E-state index in [2.05, 4.69) is 25.6 Å². The number of anilines is 1. The molecule has 0 amide bonds. The summed E-state index contributed by atoms with van der Waals surface area (Å²) in [4.78, 5) is 35.8. The predicted molar refractivity (Wildman–Crippen MR) is 126 cm³/mol. The minimum absolute atomic E-state index is 0.0494. The molecule has 6 rings (SSSR count). The van der Waals surface area contributed by atoms with Gasteiger partial charge in [0.2, 0.25) is 0 Å². The lowest BCUT2D eigenvalue weighted by atomic mass is 9.82. The van der Waals surface area contributed by atoms with Gasteiger partial charge in [0.05, 0.1) is 30.3 Å². The molecule has 1 unspecified atom stereocenters. The van der Waals surface area contributed by atoms with Gasteiger partial charge in [-0.15, -0.1) is 0 Å². The third-order valence-electron chi connectivity index (χ3n) is 6.00. The van der Waals surface area contributed by atoms with Crippen molar-refractivity contribution >= 4 is 40.2 Å². The van der Waals surface area contributed by atoms with Crippen molar-refractivity contribution in [3.05, 3.63) is 70.6 Å². The minimum atomic E-state index is -0.502. The molecule has 0 saturated heterocycles. The molecule has 1 atom stereocenters. The van der Waals surface area contributed by atoms with E-state index in [0.29, 0.717) is 50.7 Å². The Morgan fingerprint density at radius 2 is 2.17 bits per heavy atom. The zero-order valence-corrected chi connectivity index (χ0v) is 19.3. The van der Waals surface area contributed by atoms with Crippen LogP contribution in [0.15, 0.2) is 62.5 Å². The van der Waals surface area contributed by atoms with Gasteiger partial charge in [-0.3, -0.25) is 4.79 Å². The maximum absolute atomic E-state index is 14.0. The third-order valence-corrected chi connectivity index (χ3v) is 6.81. The highest BCUT2D eigenvalue weighted by molar-refractivity contribution is 7.99. The van der Waals surface area contributed by atoms with E-state index >= 15 is 0 Å². The van der Waals surface area contributed by atoms with Crippen LogP contribution in [-0.2, 0) is 9.53 Å². The van der Waals surface area contributed by atoms with E-state index in [-0.39, 0.29) is 24.5 Å². The summed E-state index contributed by atoms with van der Waals surface area (Å²) in [6, 6.07) is 8.33. The van der Waals surface area contributed by atoms with Gasteiger partial charge in [-0.2, -0.15) is 0 Å². The lowest BCUT2D eigenvalue weighted by molar-refractivity contribution is -0.115. The number of esters is 1. The number of hydrogen-bond acceptors (Lipinski definition) is 8. The number of ketones is 1. The number of hydrogen-bond donors (Lipinski definition) is 4. The maximum Gasteiger partial charge on any atom is 0.356 e. The second-order valence-electron chi connectivity index (χ2n) is 8.13. The number of para-hydroxylation sites is 1. The van der Waals surface area contributed by atoms with E-state index in [9.17, 15) is 14.0 Å². The van der Waals surface area contributed by atoms with Crippen molar-refractivity contribution in [1.29, 1.82) is 0 Å². The molecule has 0 saturated carbocycles. The summed E-state index contributed by atoms with van der Waals surface area (Å²) in [6.07, 6.45) is 1.70. The Morgan fingerprint density at radius 1 is 1.29 bits per heavy atom. The monoisotopic (exact) mass is 493 g/mol. The molecule has 3 aromatic heterocycles. The Balaban J connectivity index is 1.38. The minimum Gasteiger partial charge on any atom is -0.461 e. The van der Waals surface area contributed by atoms with Crippen LogP contribution < -0.4 is 10.6 Å². The smallest absolute Gasteiger partial charge is 0.356 e. The number of nitrogens with one attached hydrogen (secondary N) is 4. The van der Waals surface area contributed by atoms with Crippen LogP contribution in [0.3, 0.4) is 0 Å². The number of carbonyl (C=O) groups is 2. The zero-order valence-electron chi connectivity index (χ0n) is 18.5. The fraction of sp³-hybridized carbons (Fsp3) is 0.208. The number of nitrogens with zero attached hydrogens (tertiary/aromatic N) is 1. The normalized spacial score (nSPS) is 17.3. The molecule has 4 N–H and O–H groups in total. The molecule has 35 heavy (non-hydrogen) atoms. The maximum atomic E-state index is 14.0.